The molecule has 0 saturated carbocycles. The molecular weight excluding hydrogens is 328 g/mol. The number of hydrogen-bond donors (Lipinski definition) is 2. The number of anilines is 1. The zero-order valence-corrected chi connectivity index (χ0v) is 15.9. The Morgan fingerprint density at radius 1 is 1.26 bits per heavy atom. The summed E-state index contributed by atoms with van der Waals surface area (Å²) >= 11 is 3.36. The minimum atomic E-state index is 0.570. The summed E-state index contributed by atoms with van der Waals surface area (Å²) in [6.45, 7) is 8.27. The predicted molar refractivity (Wildman–Crippen MR) is 99.7 cm³/mol. The van der Waals surface area contributed by atoms with Gasteiger partial charge in [-0.1, -0.05) is 0 Å². The van der Waals surface area contributed by atoms with Gasteiger partial charge in [0.1, 0.15) is 0 Å². The number of guanidine groups is 1. The van der Waals surface area contributed by atoms with Crippen molar-refractivity contribution in [3.63, 3.8) is 0 Å². The first kappa shape index (κ1) is 17.7. The predicted octanol–water partition coefficient (Wildman–Crippen LogP) is 2.54. The molecule has 0 aliphatic carbocycles. The average molecular weight is 353 g/mol. The van der Waals surface area contributed by atoms with E-state index in [1.807, 2.05) is 32.8 Å². The number of aliphatic imine (C=N–C) groups is 1. The quantitative estimate of drug-likeness (QED) is 0.618. The Labute approximate surface area is 145 Å². The second-order valence-corrected chi connectivity index (χ2v) is 7.43. The molecule has 2 aromatic rings. The molecule has 0 aliphatic heterocycles. The highest BCUT2D eigenvalue weighted by molar-refractivity contribution is 7.13. The second kappa shape index (κ2) is 8.26. The van der Waals surface area contributed by atoms with Crippen LogP contribution in [0.5, 0.6) is 0 Å². The van der Waals surface area contributed by atoms with Gasteiger partial charge in [0.25, 0.3) is 0 Å². The first-order valence-corrected chi connectivity index (χ1v) is 9.26. The van der Waals surface area contributed by atoms with Crippen LogP contribution < -0.4 is 15.5 Å². The summed E-state index contributed by atoms with van der Waals surface area (Å²) in [7, 11) is 3.99. The third kappa shape index (κ3) is 5.18. The van der Waals surface area contributed by atoms with E-state index in [2.05, 4.69) is 37.9 Å². The first-order valence-electron chi connectivity index (χ1n) is 7.56. The van der Waals surface area contributed by atoms with Crippen molar-refractivity contribution >= 4 is 33.8 Å². The normalized spacial score (nSPS) is 11.6. The van der Waals surface area contributed by atoms with Crippen molar-refractivity contribution in [2.75, 3.05) is 25.5 Å². The van der Waals surface area contributed by atoms with Crippen LogP contribution in [0.2, 0.25) is 0 Å². The summed E-state index contributed by atoms with van der Waals surface area (Å²) in [6.07, 6.45) is 0. The summed E-state index contributed by atoms with van der Waals surface area (Å²) < 4.78 is 0. The SMILES string of the molecule is CCNC(=NCc1csc(N(C)C)n1)NCc1sc(C)nc1C. The number of aryl methyl sites for hydroxylation is 2. The molecule has 0 amide bonds. The lowest BCUT2D eigenvalue weighted by atomic mass is 10.4. The van der Waals surface area contributed by atoms with Gasteiger partial charge in [-0.2, -0.15) is 0 Å². The van der Waals surface area contributed by atoms with Gasteiger partial charge in [0, 0.05) is 30.9 Å². The second-order valence-electron chi connectivity index (χ2n) is 5.31. The number of hydrogen-bond acceptors (Lipinski definition) is 6. The number of aromatic nitrogens is 2. The molecule has 0 spiro atoms. The fourth-order valence-electron chi connectivity index (χ4n) is 1.98. The molecule has 0 fully saturated rings. The lowest BCUT2D eigenvalue weighted by molar-refractivity contribution is 0.815. The lowest BCUT2D eigenvalue weighted by Gasteiger charge is -2.10. The zero-order valence-electron chi connectivity index (χ0n) is 14.3. The Morgan fingerprint density at radius 3 is 2.61 bits per heavy atom. The van der Waals surface area contributed by atoms with Crippen molar-refractivity contribution < 1.29 is 0 Å². The summed E-state index contributed by atoms with van der Waals surface area (Å²) in [5, 5.41) is 10.8. The molecule has 0 aliphatic rings. The minimum absolute atomic E-state index is 0.570. The molecule has 2 aromatic heterocycles. The van der Waals surface area contributed by atoms with E-state index in [0.717, 1.165) is 40.6 Å². The highest BCUT2D eigenvalue weighted by Crippen LogP contribution is 2.18. The largest absolute Gasteiger partial charge is 0.357 e. The maximum Gasteiger partial charge on any atom is 0.191 e. The van der Waals surface area contributed by atoms with Crippen LogP contribution in [0.3, 0.4) is 0 Å². The van der Waals surface area contributed by atoms with Gasteiger partial charge in [0.2, 0.25) is 0 Å². The zero-order chi connectivity index (χ0) is 16.8. The number of nitrogens with zero attached hydrogens (tertiary/aromatic N) is 4. The van der Waals surface area contributed by atoms with Crippen molar-refractivity contribution in [3.05, 3.63) is 26.7 Å². The molecule has 2 N–H and O–H groups in total. The molecule has 0 aromatic carbocycles. The summed E-state index contributed by atoms with van der Waals surface area (Å²) in [4.78, 5) is 16.9. The molecule has 0 radical (unpaired) electrons. The lowest BCUT2D eigenvalue weighted by Crippen LogP contribution is -2.36. The van der Waals surface area contributed by atoms with Crippen molar-refractivity contribution in [2.24, 2.45) is 4.99 Å². The van der Waals surface area contributed by atoms with E-state index in [-0.39, 0.29) is 0 Å². The molecule has 0 atom stereocenters. The van der Waals surface area contributed by atoms with Crippen molar-refractivity contribution in [1.82, 2.24) is 20.6 Å². The Hall–Kier alpha value is -1.67. The molecule has 2 heterocycles. The smallest absolute Gasteiger partial charge is 0.191 e. The molecule has 2 rings (SSSR count). The monoisotopic (exact) mass is 352 g/mol. The van der Waals surface area contributed by atoms with E-state index < -0.39 is 0 Å². The van der Waals surface area contributed by atoms with Gasteiger partial charge in [-0.05, 0) is 20.8 Å². The summed E-state index contributed by atoms with van der Waals surface area (Å²) in [5.74, 6) is 0.803. The molecule has 0 saturated heterocycles. The van der Waals surface area contributed by atoms with Gasteiger partial charge in [0.15, 0.2) is 11.1 Å². The third-order valence-corrected chi connectivity index (χ3v) is 5.21. The Bertz CT molecular complexity index is 659. The fraction of sp³-hybridized carbons (Fsp3) is 0.533. The van der Waals surface area contributed by atoms with Gasteiger partial charge in [-0.3, -0.25) is 0 Å². The highest BCUT2D eigenvalue weighted by atomic mass is 32.1. The summed E-state index contributed by atoms with van der Waals surface area (Å²) in [6, 6.07) is 0. The number of rotatable bonds is 6. The standard InChI is InChI=1S/C15H24N6S2/c1-6-16-14(18-8-13-10(2)19-11(3)23-13)17-7-12-9-22-15(20-12)21(4)5/h9H,6-8H2,1-5H3,(H2,16,17,18). The fourth-order valence-corrected chi connectivity index (χ4v) is 3.60. The van der Waals surface area contributed by atoms with Crippen LogP contribution in [0.15, 0.2) is 10.4 Å². The van der Waals surface area contributed by atoms with Crippen LogP contribution in [0.25, 0.3) is 0 Å². The van der Waals surface area contributed by atoms with E-state index in [1.54, 1.807) is 22.7 Å². The van der Waals surface area contributed by atoms with Crippen molar-refractivity contribution in [1.29, 1.82) is 0 Å². The summed E-state index contributed by atoms with van der Waals surface area (Å²) in [5.41, 5.74) is 2.08. The average Bonchev–Trinajstić information content (AvgIpc) is 3.08. The molecule has 0 bridgehead atoms. The van der Waals surface area contributed by atoms with E-state index in [1.165, 1.54) is 4.88 Å². The first-order chi connectivity index (χ1) is 11.0. The van der Waals surface area contributed by atoms with E-state index >= 15 is 0 Å². The van der Waals surface area contributed by atoms with Gasteiger partial charge < -0.3 is 15.5 Å². The van der Waals surface area contributed by atoms with Crippen molar-refractivity contribution in [3.8, 4) is 0 Å². The van der Waals surface area contributed by atoms with Crippen molar-refractivity contribution in [2.45, 2.75) is 33.9 Å². The topological polar surface area (TPSA) is 65.4 Å². The highest BCUT2D eigenvalue weighted by Gasteiger charge is 2.07. The maximum atomic E-state index is 4.61. The van der Waals surface area contributed by atoms with Crippen LogP contribution in [-0.4, -0.2) is 36.6 Å². The van der Waals surface area contributed by atoms with Crippen LogP contribution in [-0.2, 0) is 13.1 Å². The van der Waals surface area contributed by atoms with Crippen LogP contribution >= 0.6 is 22.7 Å². The molecule has 6 nitrogen and oxygen atoms in total. The molecule has 23 heavy (non-hydrogen) atoms. The molecule has 8 heteroatoms. The molecule has 126 valence electrons. The molecular formula is C15H24N6S2. The third-order valence-electron chi connectivity index (χ3n) is 3.08. The minimum Gasteiger partial charge on any atom is -0.357 e. The van der Waals surface area contributed by atoms with Crippen LogP contribution in [0, 0.1) is 13.8 Å². The Balaban J connectivity index is 1.97. The van der Waals surface area contributed by atoms with E-state index in [0.29, 0.717) is 6.54 Å². The Morgan fingerprint density at radius 2 is 2.04 bits per heavy atom. The van der Waals surface area contributed by atoms with Gasteiger partial charge in [-0.15, -0.1) is 22.7 Å². The van der Waals surface area contributed by atoms with Gasteiger partial charge >= 0.3 is 0 Å². The Kier molecular flexibility index (Phi) is 6.35. The van der Waals surface area contributed by atoms with Crippen LogP contribution in [0.1, 0.15) is 28.2 Å². The maximum absolute atomic E-state index is 4.61. The van der Waals surface area contributed by atoms with E-state index in [4.69, 9.17) is 0 Å². The van der Waals surface area contributed by atoms with Gasteiger partial charge in [-0.25, -0.2) is 15.0 Å². The van der Waals surface area contributed by atoms with Crippen LogP contribution in [0.4, 0.5) is 5.13 Å². The van der Waals surface area contributed by atoms with E-state index in [9.17, 15) is 0 Å². The van der Waals surface area contributed by atoms with Gasteiger partial charge in [0.05, 0.1) is 29.5 Å². The number of thiazole rings is 2. The number of nitrogens with one attached hydrogen (secondary N) is 2. The molecule has 0 unspecified atom stereocenters.